The van der Waals surface area contributed by atoms with E-state index < -0.39 is 0 Å². The highest BCUT2D eigenvalue weighted by Crippen LogP contribution is 2.21. The first kappa shape index (κ1) is 14.8. The topological polar surface area (TPSA) is 57.3 Å². The molecule has 2 heterocycles. The third-order valence-corrected chi connectivity index (χ3v) is 3.56. The summed E-state index contributed by atoms with van der Waals surface area (Å²) >= 11 is 0. The SMILES string of the molecule is CCN[C@H](C)CNC(=O)c1cccnc1N1CCCC1. The standard InChI is InChI=1S/C15H24N4O/c1-3-16-12(2)11-18-15(20)13-7-6-8-17-14(13)19-9-4-5-10-19/h6-8,12,16H,3-5,9-11H2,1-2H3,(H,18,20)/t12-/m1/s1. The van der Waals surface area contributed by atoms with E-state index in [0.717, 1.165) is 25.5 Å². The molecule has 5 nitrogen and oxygen atoms in total. The monoisotopic (exact) mass is 276 g/mol. The molecule has 1 aromatic heterocycles. The maximum Gasteiger partial charge on any atom is 0.255 e. The average Bonchev–Trinajstić information content (AvgIpc) is 2.99. The van der Waals surface area contributed by atoms with Crippen molar-refractivity contribution in [3.63, 3.8) is 0 Å². The van der Waals surface area contributed by atoms with E-state index >= 15 is 0 Å². The van der Waals surface area contributed by atoms with Crippen LogP contribution in [0.3, 0.4) is 0 Å². The molecule has 0 bridgehead atoms. The lowest BCUT2D eigenvalue weighted by Crippen LogP contribution is -2.39. The number of nitrogens with one attached hydrogen (secondary N) is 2. The van der Waals surface area contributed by atoms with E-state index in [1.165, 1.54) is 12.8 Å². The van der Waals surface area contributed by atoms with E-state index in [1.807, 2.05) is 12.1 Å². The lowest BCUT2D eigenvalue weighted by Gasteiger charge is -2.20. The van der Waals surface area contributed by atoms with E-state index in [1.54, 1.807) is 6.20 Å². The number of hydrogen-bond acceptors (Lipinski definition) is 4. The Bertz CT molecular complexity index is 443. The number of nitrogens with zero attached hydrogens (tertiary/aromatic N) is 2. The summed E-state index contributed by atoms with van der Waals surface area (Å²) in [5.74, 6) is 0.781. The van der Waals surface area contributed by atoms with Crippen molar-refractivity contribution in [1.29, 1.82) is 0 Å². The third-order valence-electron chi connectivity index (χ3n) is 3.56. The van der Waals surface area contributed by atoms with Crippen LogP contribution < -0.4 is 15.5 Å². The number of rotatable bonds is 6. The number of aromatic nitrogens is 1. The molecule has 0 radical (unpaired) electrons. The van der Waals surface area contributed by atoms with Gasteiger partial charge in [-0.3, -0.25) is 4.79 Å². The number of carbonyl (C=O) groups excluding carboxylic acids is 1. The van der Waals surface area contributed by atoms with Crippen LogP contribution in [0.1, 0.15) is 37.0 Å². The third kappa shape index (κ3) is 3.70. The molecule has 1 aliphatic rings. The van der Waals surface area contributed by atoms with Crippen molar-refractivity contribution in [1.82, 2.24) is 15.6 Å². The second-order valence-electron chi connectivity index (χ2n) is 5.24. The van der Waals surface area contributed by atoms with Gasteiger partial charge in [0, 0.05) is 31.9 Å². The Kier molecular flexibility index (Phi) is 5.35. The molecule has 0 spiro atoms. The van der Waals surface area contributed by atoms with E-state index in [9.17, 15) is 4.79 Å². The van der Waals surface area contributed by atoms with E-state index in [0.29, 0.717) is 12.1 Å². The van der Waals surface area contributed by atoms with Gasteiger partial charge in [-0.15, -0.1) is 0 Å². The van der Waals surface area contributed by atoms with Crippen molar-refractivity contribution in [3.05, 3.63) is 23.9 Å². The number of likely N-dealkylation sites (N-methyl/N-ethyl adjacent to an activating group) is 1. The zero-order valence-corrected chi connectivity index (χ0v) is 12.4. The highest BCUT2D eigenvalue weighted by atomic mass is 16.1. The smallest absolute Gasteiger partial charge is 0.255 e. The second kappa shape index (κ2) is 7.24. The number of anilines is 1. The molecule has 1 fully saturated rings. The summed E-state index contributed by atoms with van der Waals surface area (Å²) in [6.07, 6.45) is 4.11. The molecule has 0 unspecified atom stereocenters. The molecule has 2 rings (SSSR count). The van der Waals surface area contributed by atoms with Gasteiger partial charge in [0.25, 0.3) is 5.91 Å². The van der Waals surface area contributed by atoms with Gasteiger partial charge in [0.2, 0.25) is 0 Å². The molecule has 2 N–H and O–H groups in total. The molecule has 5 heteroatoms. The summed E-state index contributed by atoms with van der Waals surface area (Å²) in [6, 6.07) is 3.95. The Morgan fingerprint density at radius 1 is 1.45 bits per heavy atom. The van der Waals surface area contributed by atoms with Crippen molar-refractivity contribution in [2.45, 2.75) is 32.7 Å². The van der Waals surface area contributed by atoms with Crippen LogP contribution in [0.5, 0.6) is 0 Å². The maximum atomic E-state index is 12.3. The lowest BCUT2D eigenvalue weighted by atomic mass is 10.2. The van der Waals surface area contributed by atoms with Gasteiger partial charge in [0.15, 0.2) is 0 Å². The van der Waals surface area contributed by atoms with Gasteiger partial charge in [-0.25, -0.2) is 4.98 Å². The van der Waals surface area contributed by atoms with Crippen LogP contribution in [0.15, 0.2) is 18.3 Å². The Hall–Kier alpha value is -1.62. The largest absolute Gasteiger partial charge is 0.356 e. The highest BCUT2D eigenvalue weighted by Gasteiger charge is 2.20. The van der Waals surface area contributed by atoms with Gasteiger partial charge < -0.3 is 15.5 Å². The minimum atomic E-state index is -0.0373. The summed E-state index contributed by atoms with van der Waals surface area (Å²) in [5.41, 5.74) is 0.679. The summed E-state index contributed by atoms with van der Waals surface area (Å²) in [4.78, 5) is 18.9. The number of pyridine rings is 1. The number of carbonyl (C=O) groups is 1. The van der Waals surface area contributed by atoms with Crippen molar-refractivity contribution < 1.29 is 4.79 Å². The molecule has 1 atom stereocenters. The summed E-state index contributed by atoms with van der Waals surface area (Å²) in [7, 11) is 0. The Labute approximate surface area is 120 Å². The van der Waals surface area contributed by atoms with E-state index in [-0.39, 0.29) is 11.9 Å². The fourth-order valence-corrected chi connectivity index (χ4v) is 2.52. The first-order chi connectivity index (χ1) is 9.72. The lowest BCUT2D eigenvalue weighted by molar-refractivity contribution is 0.0950. The second-order valence-corrected chi connectivity index (χ2v) is 5.24. The van der Waals surface area contributed by atoms with E-state index in [4.69, 9.17) is 0 Å². The zero-order chi connectivity index (χ0) is 14.4. The molecular formula is C15H24N4O. The van der Waals surface area contributed by atoms with Crippen LogP contribution in [0.4, 0.5) is 5.82 Å². The fourth-order valence-electron chi connectivity index (χ4n) is 2.52. The van der Waals surface area contributed by atoms with Crippen LogP contribution in [-0.2, 0) is 0 Å². The molecule has 1 saturated heterocycles. The van der Waals surface area contributed by atoms with Crippen LogP contribution in [-0.4, -0.2) is 43.1 Å². The predicted octanol–water partition coefficient (Wildman–Crippen LogP) is 1.41. The van der Waals surface area contributed by atoms with Crippen molar-refractivity contribution in [2.75, 3.05) is 31.1 Å². The van der Waals surface area contributed by atoms with Crippen LogP contribution in [0.25, 0.3) is 0 Å². The van der Waals surface area contributed by atoms with Crippen molar-refractivity contribution in [3.8, 4) is 0 Å². The minimum Gasteiger partial charge on any atom is -0.356 e. The molecule has 1 aliphatic heterocycles. The fraction of sp³-hybridized carbons (Fsp3) is 0.600. The average molecular weight is 276 g/mol. The van der Waals surface area contributed by atoms with E-state index in [2.05, 4.69) is 34.4 Å². The first-order valence-electron chi connectivity index (χ1n) is 7.44. The molecule has 0 aliphatic carbocycles. The molecule has 1 aromatic rings. The first-order valence-corrected chi connectivity index (χ1v) is 7.44. The van der Waals surface area contributed by atoms with Crippen LogP contribution >= 0.6 is 0 Å². The van der Waals surface area contributed by atoms with Crippen LogP contribution in [0.2, 0.25) is 0 Å². The molecule has 1 amide bonds. The molecular weight excluding hydrogens is 252 g/mol. The van der Waals surface area contributed by atoms with Gasteiger partial charge in [-0.05, 0) is 38.4 Å². The number of hydrogen-bond donors (Lipinski definition) is 2. The Morgan fingerprint density at radius 2 is 2.20 bits per heavy atom. The van der Waals surface area contributed by atoms with Crippen molar-refractivity contribution in [2.24, 2.45) is 0 Å². The maximum absolute atomic E-state index is 12.3. The van der Waals surface area contributed by atoms with Gasteiger partial charge in [-0.2, -0.15) is 0 Å². The summed E-state index contributed by atoms with van der Waals surface area (Å²) in [6.45, 7) is 7.64. The zero-order valence-electron chi connectivity index (χ0n) is 12.4. The highest BCUT2D eigenvalue weighted by molar-refractivity contribution is 5.98. The molecule has 0 aromatic carbocycles. The van der Waals surface area contributed by atoms with Gasteiger partial charge in [0.05, 0.1) is 5.56 Å². The quantitative estimate of drug-likeness (QED) is 0.825. The normalized spacial score (nSPS) is 16.2. The predicted molar refractivity (Wildman–Crippen MR) is 81.2 cm³/mol. The van der Waals surface area contributed by atoms with Gasteiger partial charge in [0.1, 0.15) is 5.82 Å². The molecule has 0 saturated carbocycles. The summed E-state index contributed by atoms with van der Waals surface area (Å²) < 4.78 is 0. The molecule has 20 heavy (non-hydrogen) atoms. The van der Waals surface area contributed by atoms with Gasteiger partial charge in [-0.1, -0.05) is 6.92 Å². The van der Waals surface area contributed by atoms with Gasteiger partial charge >= 0.3 is 0 Å². The summed E-state index contributed by atoms with van der Waals surface area (Å²) in [5, 5.41) is 6.26. The van der Waals surface area contributed by atoms with Crippen molar-refractivity contribution >= 4 is 11.7 Å². The Balaban J connectivity index is 2.02. The minimum absolute atomic E-state index is 0.0373. The molecule has 110 valence electrons. The Morgan fingerprint density at radius 3 is 2.90 bits per heavy atom. The number of amides is 1. The van der Waals surface area contributed by atoms with Crippen LogP contribution in [0, 0.1) is 0 Å².